The molecule has 0 aliphatic rings. The summed E-state index contributed by atoms with van der Waals surface area (Å²) < 4.78 is 45.0. The van der Waals surface area contributed by atoms with E-state index in [1.807, 2.05) is 0 Å². The Morgan fingerprint density at radius 2 is 1.92 bits per heavy atom. The Balaban J connectivity index is 3.29. The molecule has 0 N–H and O–H groups in total. The zero-order chi connectivity index (χ0) is 10.1. The van der Waals surface area contributed by atoms with Gasteiger partial charge in [0, 0.05) is 0 Å². The quantitative estimate of drug-likeness (QED) is 0.688. The summed E-state index contributed by atoms with van der Waals surface area (Å²) in [5.74, 6) is 0. The van der Waals surface area contributed by atoms with Gasteiger partial charge in [0.2, 0.25) is 0 Å². The number of halogens is 2. The fraction of sp³-hybridized carbons (Fsp3) is 0. The molecule has 1 aromatic carbocycles. The van der Waals surface area contributed by atoms with Gasteiger partial charge in [0.25, 0.3) is 0 Å². The van der Waals surface area contributed by atoms with Crippen molar-refractivity contribution in [3.63, 3.8) is 0 Å². The minimum Gasteiger partial charge on any atom is -0.255 e. The standard InChI is InChI=1S/C7H4F2O3S/c8-7(10)5-2-1-3-6(4-5)13(9,11)12/h1-4H. The van der Waals surface area contributed by atoms with Crippen LogP contribution in [0.3, 0.4) is 0 Å². The van der Waals surface area contributed by atoms with Gasteiger partial charge in [-0.15, -0.1) is 3.89 Å². The summed E-state index contributed by atoms with van der Waals surface area (Å²) in [5.41, 5.74) is -0.487. The molecule has 0 atom stereocenters. The van der Waals surface area contributed by atoms with Gasteiger partial charge in [-0.05, 0) is 18.2 Å². The van der Waals surface area contributed by atoms with E-state index in [1.165, 1.54) is 0 Å². The summed E-state index contributed by atoms with van der Waals surface area (Å²) in [5, 5.41) is 0. The second-order valence-electron chi connectivity index (χ2n) is 2.24. The third-order valence-electron chi connectivity index (χ3n) is 1.34. The minimum atomic E-state index is -4.88. The first kappa shape index (κ1) is 9.79. The summed E-state index contributed by atoms with van der Waals surface area (Å²) in [6.45, 7) is 0. The van der Waals surface area contributed by atoms with Crippen molar-refractivity contribution in [1.82, 2.24) is 0 Å². The molecule has 0 aromatic heterocycles. The van der Waals surface area contributed by atoms with E-state index in [-0.39, 0.29) is 0 Å². The van der Waals surface area contributed by atoms with Crippen molar-refractivity contribution in [2.75, 3.05) is 0 Å². The van der Waals surface area contributed by atoms with Crippen LogP contribution in [-0.4, -0.2) is 14.5 Å². The van der Waals surface area contributed by atoms with Crippen LogP contribution in [0.1, 0.15) is 10.4 Å². The fourth-order valence-corrected chi connectivity index (χ4v) is 1.28. The molecule has 0 saturated heterocycles. The van der Waals surface area contributed by atoms with Crippen LogP contribution in [0, 0.1) is 0 Å². The zero-order valence-electron chi connectivity index (χ0n) is 6.20. The summed E-state index contributed by atoms with van der Waals surface area (Å²) in [6, 6.07) is 1.90. The normalized spacial score (nSPS) is 11.2. The Hall–Kier alpha value is -1.30. The SMILES string of the molecule is O=C(F)c1cccc(S(=O)(=O)F)c1. The van der Waals surface area contributed by atoms with E-state index in [1.54, 1.807) is 0 Å². The second kappa shape index (κ2) is 3.21. The van der Waals surface area contributed by atoms with Crippen molar-refractivity contribution >= 4 is 16.3 Å². The second-order valence-corrected chi connectivity index (χ2v) is 3.59. The van der Waals surface area contributed by atoms with Crippen LogP contribution in [0.5, 0.6) is 0 Å². The predicted molar refractivity (Wildman–Crippen MR) is 40.2 cm³/mol. The number of carbonyl (C=O) groups excluding carboxylic acids is 1. The van der Waals surface area contributed by atoms with Crippen LogP contribution < -0.4 is 0 Å². The number of carbonyl (C=O) groups is 1. The summed E-state index contributed by atoms with van der Waals surface area (Å²) in [6.07, 6.45) is 0. The maximum Gasteiger partial charge on any atom is 0.332 e. The Bertz CT molecular complexity index is 439. The van der Waals surface area contributed by atoms with Gasteiger partial charge in [-0.1, -0.05) is 6.07 Å². The van der Waals surface area contributed by atoms with E-state index in [4.69, 9.17) is 0 Å². The topological polar surface area (TPSA) is 51.2 Å². The summed E-state index contributed by atoms with van der Waals surface area (Å²) in [7, 11) is -4.88. The Labute approximate surface area is 73.2 Å². The summed E-state index contributed by atoms with van der Waals surface area (Å²) in [4.78, 5) is 9.41. The molecule has 0 saturated carbocycles. The highest BCUT2D eigenvalue weighted by molar-refractivity contribution is 7.86. The van der Waals surface area contributed by atoms with Crippen LogP contribution in [0.4, 0.5) is 8.28 Å². The zero-order valence-corrected chi connectivity index (χ0v) is 7.01. The average Bonchev–Trinajstić information content (AvgIpc) is 2.03. The van der Waals surface area contributed by atoms with E-state index in [0.717, 1.165) is 18.2 Å². The van der Waals surface area contributed by atoms with Crippen LogP contribution in [0.2, 0.25) is 0 Å². The van der Waals surface area contributed by atoms with Crippen molar-refractivity contribution in [2.45, 2.75) is 4.90 Å². The van der Waals surface area contributed by atoms with E-state index < -0.39 is 26.7 Å². The highest BCUT2D eigenvalue weighted by atomic mass is 32.3. The number of rotatable bonds is 2. The lowest BCUT2D eigenvalue weighted by Crippen LogP contribution is -1.95. The molecular formula is C7H4F2O3S. The molecule has 1 rings (SSSR count). The molecule has 0 aliphatic carbocycles. The number of hydrogen-bond acceptors (Lipinski definition) is 3. The summed E-state index contributed by atoms with van der Waals surface area (Å²) >= 11 is 0. The van der Waals surface area contributed by atoms with Gasteiger partial charge in [0.1, 0.15) is 0 Å². The fourth-order valence-electron chi connectivity index (χ4n) is 0.770. The van der Waals surface area contributed by atoms with E-state index in [2.05, 4.69) is 0 Å². The number of benzene rings is 1. The molecule has 0 amide bonds. The monoisotopic (exact) mass is 206 g/mol. The van der Waals surface area contributed by atoms with E-state index in [9.17, 15) is 21.5 Å². The van der Waals surface area contributed by atoms with Crippen LogP contribution in [-0.2, 0) is 10.2 Å². The molecule has 0 unspecified atom stereocenters. The molecule has 70 valence electrons. The lowest BCUT2D eigenvalue weighted by atomic mass is 10.2. The third-order valence-corrected chi connectivity index (χ3v) is 2.16. The van der Waals surface area contributed by atoms with Gasteiger partial charge in [-0.25, -0.2) is 0 Å². The lowest BCUT2D eigenvalue weighted by molar-refractivity contribution is 0.0835. The van der Waals surface area contributed by atoms with Crippen molar-refractivity contribution in [2.24, 2.45) is 0 Å². The van der Waals surface area contributed by atoms with Crippen molar-refractivity contribution in [3.8, 4) is 0 Å². The van der Waals surface area contributed by atoms with Crippen molar-refractivity contribution < 1.29 is 21.5 Å². The predicted octanol–water partition coefficient (Wildman–Crippen LogP) is 1.45. The Kier molecular flexibility index (Phi) is 2.42. The van der Waals surface area contributed by atoms with Crippen molar-refractivity contribution in [3.05, 3.63) is 29.8 Å². The molecule has 0 spiro atoms. The van der Waals surface area contributed by atoms with Crippen LogP contribution in [0.15, 0.2) is 29.2 Å². The molecule has 6 heteroatoms. The van der Waals surface area contributed by atoms with Gasteiger partial charge in [-0.2, -0.15) is 12.8 Å². The maximum absolute atomic E-state index is 12.3. The molecule has 0 bridgehead atoms. The van der Waals surface area contributed by atoms with Gasteiger partial charge < -0.3 is 0 Å². The molecule has 13 heavy (non-hydrogen) atoms. The van der Waals surface area contributed by atoms with Crippen LogP contribution >= 0.6 is 0 Å². The first-order valence-corrected chi connectivity index (χ1v) is 4.54. The van der Waals surface area contributed by atoms with Gasteiger partial charge >= 0.3 is 16.3 Å². The van der Waals surface area contributed by atoms with Crippen molar-refractivity contribution in [1.29, 1.82) is 0 Å². The maximum atomic E-state index is 12.3. The van der Waals surface area contributed by atoms with E-state index >= 15 is 0 Å². The smallest absolute Gasteiger partial charge is 0.255 e. The van der Waals surface area contributed by atoms with Gasteiger partial charge in [0.15, 0.2) is 0 Å². The third kappa shape index (κ3) is 2.32. The Morgan fingerprint density at radius 1 is 1.31 bits per heavy atom. The Morgan fingerprint density at radius 3 is 2.38 bits per heavy atom. The molecule has 1 aromatic rings. The molecular weight excluding hydrogens is 202 g/mol. The number of hydrogen-bond donors (Lipinski definition) is 0. The highest BCUT2D eigenvalue weighted by Gasteiger charge is 2.13. The minimum absolute atomic E-state index is 0.487. The molecule has 0 radical (unpaired) electrons. The molecule has 3 nitrogen and oxygen atoms in total. The average molecular weight is 206 g/mol. The molecule has 0 heterocycles. The molecule has 0 aliphatic heterocycles. The lowest BCUT2D eigenvalue weighted by Gasteiger charge is -1.95. The first-order chi connectivity index (χ1) is 5.91. The molecule has 0 fully saturated rings. The van der Waals surface area contributed by atoms with Crippen LogP contribution in [0.25, 0.3) is 0 Å². The largest absolute Gasteiger partial charge is 0.332 e. The first-order valence-electron chi connectivity index (χ1n) is 3.16. The highest BCUT2D eigenvalue weighted by Crippen LogP contribution is 2.14. The van der Waals surface area contributed by atoms with Gasteiger partial charge in [-0.3, -0.25) is 4.79 Å². The van der Waals surface area contributed by atoms with E-state index in [0.29, 0.717) is 6.07 Å². The van der Waals surface area contributed by atoms with Gasteiger partial charge in [0.05, 0.1) is 10.5 Å².